The summed E-state index contributed by atoms with van der Waals surface area (Å²) in [5, 5.41) is 4.80. The molecular formula is C28H29N5O2. The van der Waals surface area contributed by atoms with Crippen LogP contribution in [0.5, 0.6) is 5.75 Å². The number of amides is 1. The number of ether oxygens (including phenoxy) is 1. The van der Waals surface area contributed by atoms with Crippen LogP contribution in [0.15, 0.2) is 48.0 Å². The predicted octanol–water partition coefficient (Wildman–Crippen LogP) is 5.12. The van der Waals surface area contributed by atoms with E-state index in [2.05, 4.69) is 51.7 Å². The van der Waals surface area contributed by atoms with Crippen molar-refractivity contribution in [2.24, 2.45) is 7.05 Å². The summed E-state index contributed by atoms with van der Waals surface area (Å²) in [6.45, 7) is 3.91. The second-order valence-corrected chi connectivity index (χ2v) is 9.91. The van der Waals surface area contributed by atoms with Crippen LogP contribution >= 0.6 is 0 Å². The molecule has 178 valence electrons. The molecular weight excluding hydrogens is 438 g/mol. The summed E-state index contributed by atoms with van der Waals surface area (Å²) in [6, 6.07) is 13.1. The van der Waals surface area contributed by atoms with Gasteiger partial charge in [0, 0.05) is 31.1 Å². The Balaban J connectivity index is 1.40. The van der Waals surface area contributed by atoms with Crippen LogP contribution in [0.25, 0.3) is 33.5 Å². The Kier molecular flexibility index (Phi) is 4.35. The van der Waals surface area contributed by atoms with Crippen molar-refractivity contribution in [2.45, 2.75) is 38.3 Å². The van der Waals surface area contributed by atoms with Crippen LogP contribution < -0.4 is 10.1 Å². The topological polar surface area (TPSA) is 64.3 Å². The van der Waals surface area contributed by atoms with E-state index in [1.807, 2.05) is 24.1 Å². The van der Waals surface area contributed by atoms with Gasteiger partial charge in [-0.15, -0.1) is 0 Å². The number of para-hydroxylation sites is 1. The fraction of sp³-hybridized carbons (Fsp3) is 0.357. The molecule has 2 aromatic carbocycles. The zero-order chi connectivity index (χ0) is 23.8. The van der Waals surface area contributed by atoms with Gasteiger partial charge in [0.15, 0.2) is 5.82 Å². The van der Waals surface area contributed by atoms with Gasteiger partial charge in [0.2, 0.25) is 0 Å². The molecule has 0 radical (unpaired) electrons. The number of hydrogen-bond donors (Lipinski definition) is 1. The average Bonchev–Trinajstić information content (AvgIpc) is 3.50. The van der Waals surface area contributed by atoms with Crippen molar-refractivity contribution in [2.75, 3.05) is 25.5 Å². The molecule has 35 heavy (non-hydrogen) atoms. The van der Waals surface area contributed by atoms with Crippen molar-refractivity contribution in [1.82, 2.24) is 19.0 Å². The number of nitrogens with zero attached hydrogens (tertiary/aromatic N) is 4. The molecule has 0 saturated carbocycles. The third-order valence-corrected chi connectivity index (χ3v) is 8.16. The third kappa shape index (κ3) is 2.78. The van der Waals surface area contributed by atoms with E-state index >= 15 is 0 Å². The molecule has 0 spiro atoms. The van der Waals surface area contributed by atoms with Crippen molar-refractivity contribution < 1.29 is 9.53 Å². The SMILES string of the molecule is CCC1CNc2cccc3cc(-c4nc5cc(C(=O)N6CCC7=CC[C@H]76)cc(OC)c5n4C)n1c23. The molecule has 1 unspecified atom stereocenters. The lowest BCUT2D eigenvalue weighted by molar-refractivity contribution is 0.0741. The quantitative estimate of drug-likeness (QED) is 0.423. The predicted molar refractivity (Wildman–Crippen MR) is 138 cm³/mol. The van der Waals surface area contributed by atoms with Gasteiger partial charge in [0.1, 0.15) is 11.3 Å². The standard InChI is InChI=1S/C28H29N5O2/c1-4-19-15-29-20-7-5-6-17-13-23(33(19)25(17)20)27-30-21-12-18(14-24(35-3)26(21)31(27)2)28(34)32-11-10-16-8-9-22(16)32/h5-8,12-14,19,22,29H,4,9-11,15H2,1-3H3/t19?,22-/m1/s1. The molecule has 2 atom stereocenters. The number of carbonyl (C=O) groups is 1. The monoisotopic (exact) mass is 467 g/mol. The summed E-state index contributed by atoms with van der Waals surface area (Å²) in [6.07, 6.45) is 5.24. The van der Waals surface area contributed by atoms with Gasteiger partial charge in [-0.2, -0.15) is 0 Å². The van der Waals surface area contributed by atoms with Gasteiger partial charge in [-0.1, -0.05) is 25.1 Å². The zero-order valence-corrected chi connectivity index (χ0v) is 20.3. The Labute approximate surface area is 204 Å². The first kappa shape index (κ1) is 20.6. The van der Waals surface area contributed by atoms with Crippen LogP contribution in [0.1, 0.15) is 42.6 Å². The van der Waals surface area contributed by atoms with E-state index in [1.165, 1.54) is 16.5 Å². The number of benzene rings is 2. The molecule has 2 aliphatic heterocycles. The van der Waals surface area contributed by atoms with Crippen LogP contribution in [0, 0.1) is 0 Å². The minimum atomic E-state index is 0.0655. The van der Waals surface area contributed by atoms with E-state index in [9.17, 15) is 4.79 Å². The summed E-state index contributed by atoms with van der Waals surface area (Å²) in [4.78, 5) is 20.6. The lowest BCUT2D eigenvalue weighted by Gasteiger charge is -2.29. The van der Waals surface area contributed by atoms with Gasteiger partial charge >= 0.3 is 0 Å². The minimum Gasteiger partial charge on any atom is -0.494 e. The van der Waals surface area contributed by atoms with Crippen LogP contribution in [0.2, 0.25) is 0 Å². The minimum absolute atomic E-state index is 0.0655. The maximum absolute atomic E-state index is 13.5. The summed E-state index contributed by atoms with van der Waals surface area (Å²) in [5.41, 5.74) is 7.23. The Morgan fingerprint density at radius 3 is 2.86 bits per heavy atom. The summed E-state index contributed by atoms with van der Waals surface area (Å²) >= 11 is 0. The number of likely N-dealkylation sites (tertiary alicyclic amines) is 1. The fourth-order valence-corrected chi connectivity index (χ4v) is 6.24. The molecule has 1 amide bonds. The number of nitrogens with one attached hydrogen (secondary N) is 1. The molecule has 1 N–H and O–H groups in total. The maximum atomic E-state index is 13.5. The zero-order valence-electron chi connectivity index (χ0n) is 20.3. The van der Waals surface area contributed by atoms with Gasteiger partial charge in [0.25, 0.3) is 5.91 Å². The molecule has 4 aromatic rings. The largest absolute Gasteiger partial charge is 0.494 e. The Bertz CT molecular complexity index is 1560. The number of hydrogen-bond acceptors (Lipinski definition) is 4. The molecule has 1 aliphatic carbocycles. The second kappa shape index (κ2) is 7.38. The highest BCUT2D eigenvalue weighted by Gasteiger charge is 2.37. The van der Waals surface area contributed by atoms with Crippen molar-refractivity contribution in [3.63, 3.8) is 0 Å². The van der Waals surface area contributed by atoms with Crippen LogP contribution in [-0.4, -0.2) is 51.2 Å². The number of aromatic nitrogens is 3. The average molecular weight is 468 g/mol. The highest BCUT2D eigenvalue weighted by atomic mass is 16.5. The normalized spacial score (nSPS) is 20.5. The van der Waals surface area contributed by atoms with Crippen molar-refractivity contribution in [1.29, 1.82) is 0 Å². The summed E-state index contributed by atoms with van der Waals surface area (Å²) in [5.74, 6) is 1.63. The number of fused-ring (bicyclic) bond motifs is 2. The van der Waals surface area contributed by atoms with Gasteiger partial charge in [0.05, 0.1) is 41.6 Å². The van der Waals surface area contributed by atoms with Gasteiger partial charge in [-0.25, -0.2) is 4.98 Å². The van der Waals surface area contributed by atoms with Crippen LogP contribution in [-0.2, 0) is 7.05 Å². The molecule has 1 fully saturated rings. The van der Waals surface area contributed by atoms with Crippen LogP contribution in [0.4, 0.5) is 5.69 Å². The molecule has 3 aliphatic rings. The first-order chi connectivity index (χ1) is 17.1. The number of aryl methyl sites for hydroxylation is 1. The number of carbonyl (C=O) groups excluding carboxylic acids is 1. The van der Waals surface area contributed by atoms with Gasteiger partial charge in [-0.3, -0.25) is 4.79 Å². The van der Waals surface area contributed by atoms with Gasteiger partial charge in [-0.05, 0) is 49.1 Å². The molecule has 7 nitrogen and oxygen atoms in total. The van der Waals surface area contributed by atoms with Crippen molar-refractivity contribution in [3.8, 4) is 17.3 Å². The van der Waals surface area contributed by atoms with E-state index in [4.69, 9.17) is 9.72 Å². The summed E-state index contributed by atoms with van der Waals surface area (Å²) in [7, 11) is 3.70. The molecule has 0 bridgehead atoms. The molecule has 1 saturated heterocycles. The van der Waals surface area contributed by atoms with Crippen molar-refractivity contribution in [3.05, 3.63) is 53.6 Å². The van der Waals surface area contributed by atoms with E-state index in [1.54, 1.807) is 7.11 Å². The smallest absolute Gasteiger partial charge is 0.254 e. The van der Waals surface area contributed by atoms with E-state index in [0.29, 0.717) is 17.4 Å². The first-order valence-corrected chi connectivity index (χ1v) is 12.5. The second-order valence-electron chi connectivity index (χ2n) is 9.91. The molecule has 2 aromatic heterocycles. The Morgan fingerprint density at radius 2 is 2.11 bits per heavy atom. The number of rotatable bonds is 4. The Hall–Kier alpha value is -3.74. The van der Waals surface area contributed by atoms with E-state index in [0.717, 1.165) is 60.6 Å². The van der Waals surface area contributed by atoms with Gasteiger partial charge < -0.3 is 24.1 Å². The molecule has 7 rings (SSSR count). The maximum Gasteiger partial charge on any atom is 0.254 e. The van der Waals surface area contributed by atoms with Crippen molar-refractivity contribution >= 4 is 33.5 Å². The lowest BCUT2D eigenvalue weighted by Crippen LogP contribution is -2.38. The molecule has 4 heterocycles. The number of anilines is 1. The van der Waals surface area contributed by atoms with E-state index < -0.39 is 0 Å². The number of imidazole rings is 1. The number of methoxy groups -OCH3 is 1. The Morgan fingerprint density at radius 1 is 1.23 bits per heavy atom. The molecule has 7 heteroatoms. The lowest BCUT2D eigenvalue weighted by atomic mass is 9.93. The third-order valence-electron chi connectivity index (χ3n) is 8.16. The highest BCUT2D eigenvalue weighted by molar-refractivity contribution is 6.01. The van der Waals surface area contributed by atoms with E-state index in [-0.39, 0.29) is 11.9 Å². The summed E-state index contributed by atoms with van der Waals surface area (Å²) < 4.78 is 10.3. The fourth-order valence-electron chi connectivity index (χ4n) is 6.24. The van der Waals surface area contributed by atoms with Crippen LogP contribution in [0.3, 0.4) is 0 Å². The first-order valence-electron chi connectivity index (χ1n) is 12.5. The highest BCUT2D eigenvalue weighted by Crippen LogP contribution is 2.41.